The minimum atomic E-state index is -0.525. The fraction of sp³-hybridized carbons (Fsp3) is 0.526. The third kappa shape index (κ3) is 3.48. The molecule has 1 aromatic carbocycles. The first-order chi connectivity index (χ1) is 13.0. The van der Waals surface area contributed by atoms with Crippen LogP contribution in [0.15, 0.2) is 22.6 Å². The number of fused-ring (bicyclic) bond motifs is 1. The molecule has 9 heteroatoms. The van der Waals surface area contributed by atoms with Crippen molar-refractivity contribution in [2.24, 2.45) is 5.73 Å². The lowest BCUT2D eigenvalue weighted by Gasteiger charge is -2.44. The second kappa shape index (κ2) is 7.87. The molecule has 0 spiro atoms. The van der Waals surface area contributed by atoms with Crippen molar-refractivity contribution >= 4 is 41.5 Å². The zero-order valence-corrected chi connectivity index (χ0v) is 16.9. The number of carbonyl (C=O) groups is 2. The highest BCUT2D eigenvalue weighted by molar-refractivity contribution is 6.03. The van der Waals surface area contributed by atoms with Gasteiger partial charge in [0.1, 0.15) is 5.52 Å². The average molecular weight is 408 g/mol. The Labute approximate surface area is 170 Å². The summed E-state index contributed by atoms with van der Waals surface area (Å²) in [6.45, 7) is 7.04. The van der Waals surface area contributed by atoms with Gasteiger partial charge in [0, 0.05) is 38.3 Å². The predicted octanol–water partition coefficient (Wildman–Crippen LogP) is 2.46. The molecule has 0 bridgehead atoms. The molecule has 0 aliphatic carbocycles. The van der Waals surface area contributed by atoms with E-state index in [1.807, 2.05) is 9.80 Å². The van der Waals surface area contributed by atoms with Gasteiger partial charge in [0.05, 0.1) is 5.56 Å². The normalized spacial score (nSPS) is 22.4. The number of piperazine rings is 1. The van der Waals surface area contributed by atoms with Gasteiger partial charge < -0.3 is 24.9 Å². The number of aromatic nitrogens is 1. The van der Waals surface area contributed by atoms with Crippen molar-refractivity contribution in [3.05, 3.63) is 23.8 Å². The van der Waals surface area contributed by atoms with E-state index >= 15 is 0 Å². The Hall–Kier alpha value is -2.48. The number of amides is 3. The van der Waals surface area contributed by atoms with E-state index < -0.39 is 5.91 Å². The molecule has 1 aromatic heterocycles. The zero-order chi connectivity index (χ0) is 19.1. The van der Waals surface area contributed by atoms with Crippen LogP contribution in [0.25, 0.3) is 11.1 Å². The van der Waals surface area contributed by atoms with Gasteiger partial charge in [0.2, 0.25) is 0 Å². The topological polar surface area (TPSA) is 95.9 Å². The number of hydrogen-bond donors (Lipinski definition) is 1. The van der Waals surface area contributed by atoms with Gasteiger partial charge in [0.15, 0.2) is 5.58 Å². The monoisotopic (exact) mass is 407 g/mol. The first-order valence-corrected chi connectivity index (χ1v) is 9.47. The van der Waals surface area contributed by atoms with Crippen LogP contribution in [0.4, 0.5) is 10.8 Å². The van der Waals surface area contributed by atoms with Crippen molar-refractivity contribution in [3.63, 3.8) is 0 Å². The Bertz CT molecular complexity index is 868. The molecule has 2 saturated heterocycles. The van der Waals surface area contributed by atoms with Crippen molar-refractivity contribution in [2.75, 3.05) is 31.1 Å². The molecule has 3 amide bonds. The zero-order valence-electron chi connectivity index (χ0n) is 16.1. The van der Waals surface area contributed by atoms with Crippen molar-refractivity contribution < 1.29 is 14.0 Å². The van der Waals surface area contributed by atoms with Gasteiger partial charge in [-0.25, -0.2) is 4.79 Å². The standard InChI is InChI=1S/C19H25N5O3.ClH/c1-12-10-23(19(26)22-8-3-4-9-22)11-13(2)24(12)18-21-16-14(17(20)25)6-5-7-15(16)27-18;/h5-7,12-13H,3-4,8-11H2,1-2H3,(H2,20,25);1H/t12-,13-;/m0./s1. The maximum atomic E-state index is 12.7. The van der Waals surface area contributed by atoms with E-state index in [1.54, 1.807) is 18.2 Å². The number of halogens is 1. The van der Waals surface area contributed by atoms with Crippen LogP contribution in [0, 0.1) is 0 Å². The molecule has 2 aromatic rings. The number of para-hydroxylation sites is 1. The van der Waals surface area contributed by atoms with Crippen LogP contribution < -0.4 is 10.6 Å². The van der Waals surface area contributed by atoms with Gasteiger partial charge in [-0.15, -0.1) is 12.4 Å². The summed E-state index contributed by atoms with van der Waals surface area (Å²) in [5.74, 6) is -0.525. The molecule has 152 valence electrons. The van der Waals surface area contributed by atoms with E-state index in [9.17, 15) is 9.59 Å². The number of oxazole rings is 1. The fourth-order valence-electron chi connectivity index (χ4n) is 4.21. The van der Waals surface area contributed by atoms with Crippen LogP contribution in [0.5, 0.6) is 0 Å². The summed E-state index contributed by atoms with van der Waals surface area (Å²) < 4.78 is 5.93. The number of anilines is 1. The summed E-state index contributed by atoms with van der Waals surface area (Å²) in [5, 5.41) is 0. The maximum Gasteiger partial charge on any atom is 0.320 e. The van der Waals surface area contributed by atoms with E-state index in [2.05, 4.69) is 23.7 Å². The van der Waals surface area contributed by atoms with Gasteiger partial charge in [-0.05, 0) is 38.8 Å². The number of benzene rings is 1. The lowest BCUT2D eigenvalue weighted by Crippen LogP contribution is -2.60. The molecule has 28 heavy (non-hydrogen) atoms. The van der Waals surface area contributed by atoms with E-state index in [0.29, 0.717) is 35.8 Å². The van der Waals surface area contributed by atoms with E-state index in [4.69, 9.17) is 10.2 Å². The van der Waals surface area contributed by atoms with Crippen LogP contribution >= 0.6 is 12.4 Å². The number of urea groups is 1. The molecule has 8 nitrogen and oxygen atoms in total. The number of nitrogens with two attached hydrogens (primary N) is 1. The van der Waals surface area contributed by atoms with Gasteiger partial charge >= 0.3 is 6.03 Å². The number of rotatable bonds is 2. The summed E-state index contributed by atoms with van der Waals surface area (Å²) >= 11 is 0. The smallest absolute Gasteiger partial charge is 0.320 e. The molecule has 2 N–H and O–H groups in total. The quantitative estimate of drug-likeness (QED) is 0.824. The fourth-order valence-corrected chi connectivity index (χ4v) is 4.21. The highest BCUT2D eigenvalue weighted by atomic mass is 35.5. The molecular formula is C19H26ClN5O3. The molecule has 3 heterocycles. The first-order valence-electron chi connectivity index (χ1n) is 9.47. The average Bonchev–Trinajstić information content (AvgIpc) is 3.29. The highest BCUT2D eigenvalue weighted by Crippen LogP contribution is 2.29. The third-order valence-corrected chi connectivity index (χ3v) is 5.46. The summed E-state index contributed by atoms with van der Waals surface area (Å²) in [4.78, 5) is 34.9. The minimum Gasteiger partial charge on any atom is -0.423 e. The Morgan fingerprint density at radius 2 is 1.75 bits per heavy atom. The molecule has 0 unspecified atom stereocenters. The summed E-state index contributed by atoms with van der Waals surface area (Å²) in [6, 6.07) is 5.84. The number of likely N-dealkylation sites (tertiary alicyclic amines) is 1. The Balaban J connectivity index is 0.00000225. The number of primary amides is 1. The van der Waals surface area contributed by atoms with Gasteiger partial charge in [-0.2, -0.15) is 4.98 Å². The second-order valence-electron chi connectivity index (χ2n) is 7.50. The Morgan fingerprint density at radius 1 is 1.11 bits per heavy atom. The molecule has 0 saturated carbocycles. The van der Waals surface area contributed by atoms with Crippen LogP contribution in [-0.2, 0) is 0 Å². The van der Waals surface area contributed by atoms with Crippen molar-refractivity contribution in [2.45, 2.75) is 38.8 Å². The van der Waals surface area contributed by atoms with Gasteiger partial charge in [-0.3, -0.25) is 4.79 Å². The summed E-state index contributed by atoms with van der Waals surface area (Å²) in [6.07, 6.45) is 2.17. The molecule has 2 aliphatic heterocycles. The molecule has 2 fully saturated rings. The SMILES string of the molecule is C[C@H]1CN(C(=O)N2CCCC2)C[C@H](C)N1c1nc2c(C(N)=O)cccc2o1.Cl. The van der Waals surface area contributed by atoms with Crippen molar-refractivity contribution in [3.8, 4) is 0 Å². The lowest BCUT2D eigenvalue weighted by molar-refractivity contribution is 0.100. The summed E-state index contributed by atoms with van der Waals surface area (Å²) in [5.41, 5.74) is 6.82. The maximum absolute atomic E-state index is 12.7. The van der Waals surface area contributed by atoms with E-state index in [1.165, 1.54) is 0 Å². The largest absolute Gasteiger partial charge is 0.423 e. The van der Waals surface area contributed by atoms with Crippen LogP contribution in [0.1, 0.15) is 37.0 Å². The molecule has 2 atom stereocenters. The second-order valence-corrected chi connectivity index (χ2v) is 7.50. The number of carbonyl (C=O) groups excluding carboxylic acids is 2. The van der Waals surface area contributed by atoms with Crippen molar-refractivity contribution in [1.29, 1.82) is 0 Å². The lowest BCUT2D eigenvalue weighted by atomic mass is 10.1. The van der Waals surface area contributed by atoms with Gasteiger partial charge in [-0.1, -0.05) is 6.07 Å². The number of nitrogens with zero attached hydrogens (tertiary/aromatic N) is 4. The molecule has 2 aliphatic rings. The predicted molar refractivity (Wildman–Crippen MR) is 109 cm³/mol. The first kappa shape index (κ1) is 20.3. The molecular weight excluding hydrogens is 382 g/mol. The van der Waals surface area contributed by atoms with Crippen LogP contribution in [-0.4, -0.2) is 65.0 Å². The van der Waals surface area contributed by atoms with Crippen LogP contribution in [0.3, 0.4) is 0 Å². The van der Waals surface area contributed by atoms with E-state index in [0.717, 1.165) is 25.9 Å². The molecule has 0 radical (unpaired) electrons. The third-order valence-electron chi connectivity index (χ3n) is 5.46. The summed E-state index contributed by atoms with van der Waals surface area (Å²) in [7, 11) is 0. The van der Waals surface area contributed by atoms with Crippen molar-refractivity contribution in [1.82, 2.24) is 14.8 Å². The minimum absolute atomic E-state index is 0. The van der Waals surface area contributed by atoms with Crippen LogP contribution in [0.2, 0.25) is 0 Å². The highest BCUT2D eigenvalue weighted by Gasteiger charge is 2.36. The Morgan fingerprint density at radius 3 is 2.36 bits per heavy atom. The Kier molecular flexibility index (Phi) is 5.69. The van der Waals surface area contributed by atoms with E-state index in [-0.39, 0.29) is 30.5 Å². The number of hydrogen-bond acceptors (Lipinski definition) is 5. The molecule has 4 rings (SSSR count). The van der Waals surface area contributed by atoms with Gasteiger partial charge in [0.25, 0.3) is 11.9 Å².